The zero-order chi connectivity index (χ0) is 8.97. The molecule has 0 aromatic heterocycles. The van der Waals surface area contributed by atoms with Crippen molar-refractivity contribution in [3.8, 4) is 0 Å². The van der Waals surface area contributed by atoms with Gasteiger partial charge in [-0.05, 0) is 18.9 Å². The molecule has 2 atom stereocenters. The van der Waals surface area contributed by atoms with Crippen molar-refractivity contribution in [2.75, 3.05) is 19.7 Å². The molecule has 1 rings (SSSR count). The number of hydrogen-bond acceptors (Lipinski definition) is 2. The predicted molar refractivity (Wildman–Crippen MR) is 51.1 cm³/mol. The van der Waals surface area contributed by atoms with E-state index in [4.69, 9.17) is 4.74 Å². The van der Waals surface area contributed by atoms with Gasteiger partial charge in [-0.3, -0.25) is 4.90 Å². The standard InChI is InChI=1S/C10H21NO/c1-4-6-9(3)10-11(5-2)7-8-12-10/h9-10H,4-8H2,1-3H3. The van der Waals surface area contributed by atoms with E-state index >= 15 is 0 Å². The number of ether oxygens (including phenoxy) is 1. The van der Waals surface area contributed by atoms with E-state index < -0.39 is 0 Å². The van der Waals surface area contributed by atoms with Crippen LogP contribution in [0.4, 0.5) is 0 Å². The second kappa shape index (κ2) is 4.83. The number of hydrogen-bond donors (Lipinski definition) is 0. The summed E-state index contributed by atoms with van der Waals surface area (Å²) in [6, 6.07) is 0. The van der Waals surface area contributed by atoms with Crippen molar-refractivity contribution >= 4 is 0 Å². The van der Waals surface area contributed by atoms with Gasteiger partial charge in [0.05, 0.1) is 6.61 Å². The maximum Gasteiger partial charge on any atom is 0.113 e. The third kappa shape index (κ3) is 2.20. The summed E-state index contributed by atoms with van der Waals surface area (Å²) in [6.07, 6.45) is 2.94. The van der Waals surface area contributed by atoms with Crippen molar-refractivity contribution in [1.82, 2.24) is 4.90 Å². The van der Waals surface area contributed by atoms with Gasteiger partial charge >= 0.3 is 0 Å². The molecule has 1 fully saturated rings. The Hall–Kier alpha value is -0.0800. The fourth-order valence-corrected chi connectivity index (χ4v) is 1.98. The van der Waals surface area contributed by atoms with Gasteiger partial charge in [0, 0.05) is 6.54 Å². The molecule has 0 spiro atoms. The van der Waals surface area contributed by atoms with Crippen LogP contribution in [0.3, 0.4) is 0 Å². The van der Waals surface area contributed by atoms with Gasteiger partial charge in [0.2, 0.25) is 0 Å². The first kappa shape index (κ1) is 10.0. The van der Waals surface area contributed by atoms with Gasteiger partial charge in [-0.2, -0.15) is 0 Å². The van der Waals surface area contributed by atoms with Gasteiger partial charge in [-0.1, -0.05) is 27.2 Å². The van der Waals surface area contributed by atoms with Crippen LogP contribution in [0.15, 0.2) is 0 Å². The summed E-state index contributed by atoms with van der Waals surface area (Å²) < 4.78 is 5.70. The number of likely N-dealkylation sites (N-methyl/N-ethyl adjacent to an activating group) is 1. The van der Waals surface area contributed by atoms with E-state index in [0.29, 0.717) is 12.1 Å². The normalized spacial score (nSPS) is 27.8. The summed E-state index contributed by atoms with van der Waals surface area (Å²) in [6.45, 7) is 9.91. The lowest BCUT2D eigenvalue weighted by Crippen LogP contribution is -2.35. The molecule has 0 amide bonds. The van der Waals surface area contributed by atoms with Crippen LogP contribution in [0.5, 0.6) is 0 Å². The van der Waals surface area contributed by atoms with Gasteiger partial charge < -0.3 is 4.74 Å². The van der Waals surface area contributed by atoms with Crippen LogP contribution in [-0.2, 0) is 4.74 Å². The average molecular weight is 171 g/mol. The minimum absolute atomic E-state index is 0.398. The summed E-state index contributed by atoms with van der Waals surface area (Å²) in [5.74, 6) is 0.692. The summed E-state index contributed by atoms with van der Waals surface area (Å²) in [5, 5.41) is 0. The molecule has 0 saturated carbocycles. The summed E-state index contributed by atoms with van der Waals surface area (Å²) in [4.78, 5) is 2.43. The molecule has 0 N–H and O–H groups in total. The highest BCUT2D eigenvalue weighted by Crippen LogP contribution is 2.21. The molecule has 1 aliphatic rings. The van der Waals surface area contributed by atoms with Crippen molar-refractivity contribution in [2.45, 2.75) is 39.8 Å². The Labute approximate surface area is 75.9 Å². The molecule has 1 heterocycles. The Morgan fingerprint density at radius 3 is 2.83 bits per heavy atom. The summed E-state index contributed by atoms with van der Waals surface area (Å²) >= 11 is 0. The Morgan fingerprint density at radius 1 is 1.50 bits per heavy atom. The third-order valence-electron chi connectivity index (χ3n) is 2.66. The molecule has 0 aliphatic carbocycles. The zero-order valence-corrected chi connectivity index (χ0v) is 8.55. The van der Waals surface area contributed by atoms with Gasteiger partial charge in [-0.15, -0.1) is 0 Å². The molecule has 1 saturated heterocycles. The minimum Gasteiger partial charge on any atom is -0.362 e. The second-order valence-corrected chi connectivity index (χ2v) is 3.66. The Bertz CT molecular complexity index is 127. The van der Waals surface area contributed by atoms with Crippen LogP contribution in [0.2, 0.25) is 0 Å². The molecule has 2 heteroatoms. The van der Waals surface area contributed by atoms with E-state index in [0.717, 1.165) is 19.7 Å². The minimum atomic E-state index is 0.398. The van der Waals surface area contributed by atoms with E-state index in [2.05, 4.69) is 25.7 Å². The maximum atomic E-state index is 5.70. The first-order valence-electron chi connectivity index (χ1n) is 5.15. The van der Waals surface area contributed by atoms with Crippen molar-refractivity contribution in [2.24, 2.45) is 5.92 Å². The molecule has 0 aromatic rings. The van der Waals surface area contributed by atoms with Gasteiger partial charge in [0.1, 0.15) is 6.23 Å². The van der Waals surface area contributed by atoms with E-state index in [1.165, 1.54) is 12.8 Å². The van der Waals surface area contributed by atoms with E-state index in [1.807, 2.05) is 0 Å². The molecule has 72 valence electrons. The number of nitrogens with zero attached hydrogens (tertiary/aromatic N) is 1. The van der Waals surface area contributed by atoms with Crippen LogP contribution < -0.4 is 0 Å². The lowest BCUT2D eigenvalue weighted by Gasteiger charge is -2.26. The Balaban J connectivity index is 2.38. The van der Waals surface area contributed by atoms with Gasteiger partial charge in [0.15, 0.2) is 0 Å². The first-order chi connectivity index (χ1) is 5.79. The smallest absolute Gasteiger partial charge is 0.113 e. The molecule has 12 heavy (non-hydrogen) atoms. The Kier molecular flexibility index (Phi) is 4.02. The molecular weight excluding hydrogens is 150 g/mol. The van der Waals surface area contributed by atoms with Crippen LogP contribution >= 0.6 is 0 Å². The predicted octanol–water partition coefficient (Wildman–Crippen LogP) is 2.10. The van der Waals surface area contributed by atoms with Gasteiger partial charge in [-0.25, -0.2) is 0 Å². The SMILES string of the molecule is CCCC(C)C1OCCN1CC. The van der Waals surface area contributed by atoms with Crippen LogP contribution in [0.1, 0.15) is 33.6 Å². The van der Waals surface area contributed by atoms with Crippen molar-refractivity contribution in [3.05, 3.63) is 0 Å². The van der Waals surface area contributed by atoms with Crippen molar-refractivity contribution in [3.63, 3.8) is 0 Å². The third-order valence-corrected chi connectivity index (χ3v) is 2.66. The van der Waals surface area contributed by atoms with Crippen LogP contribution in [0.25, 0.3) is 0 Å². The fourth-order valence-electron chi connectivity index (χ4n) is 1.98. The Morgan fingerprint density at radius 2 is 2.25 bits per heavy atom. The zero-order valence-electron chi connectivity index (χ0n) is 8.55. The lowest BCUT2D eigenvalue weighted by atomic mass is 10.0. The molecular formula is C10H21NO. The first-order valence-corrected chi connectivity index (χ1v) is 5.15. The van der Waals surface area contributed by atoms with Gasteiger partial charge in [0.25, 0.3) is 0 Å². The second-order valence-electron chi connectivity index (χ2n) is 3.66. The average Bonchev–Trinajstić information content (AvgIpc) is 2.51. The van der Waals surface area contributed by atoms with Crippen LogP contribution in [-0.4, -0.2) is 30.8 Å². The summed E-state index contributed by atoms with van der Waals surface area (Å²) in [5.41, 5.74) is 0. The van der Waals surface area contributed by atoms with Crippen molar-refractivity contribution in [1.29, 1.82) is 0 Å². The summed E-state index contributed by atoms with van der Waals surface area (Å²) in [7, 11) is 0. The highest BCUT2D eigenvalue weighted by molar-refractivity contribution is 4.73. The highest BCUT2D eigenvalue weighted by atomic mass is 16.5. The fraction of sp³-hybridized carbons (Fsp3) is 1.00. The molecule has 2 nitrogen and oxygen atoms in total. The van der Waals surface area contributed by atoms with E-state index in [9.17, 15) is 0 Å². The topological polar surface area (TPSA) is 12.5 Å². The molecule has 0 bridgehead atoms. The highest BCUT2D eigenvalue weighted by Gasteiger charge is 2.27. The maximum absolute atomic E-state index is 5.70. The van der Waals surface area contributed by atoms with E-state index in [-0.39, 0.29) is 0 Å². The van der Waals surface area contributed by atoms with E-state index in [1.54, 1.807) is 0 Å². The number of rotatable bonds is 4. The van der Waals surface area contributed by atoms with Crippen molar-refractivity contribution < 1.29 is 4.74 Å². The molecule has 2 unspecified atom stereocenters. The monoisotopic (exact) mass is 171 g/mol. The quantitative estimate of drug-likeness (QED) is 0.642. The van der Waals surface area contributed by atoms with Crippen LogP contribution in [0, 0.1) is 5.92 Å². The lowest BCUT2D eigenvalue weighted by molar-refractivity contribution is -0.00802. The molecule has 1 aliphatic heterocycles. The largest absolute Gasteiger partial charge is 0.362 e. The molecule has 0 aromatic carbocycles. The molecule has 0 radical (unpaired) electrons.